The molecule has 0 aliphatic carbocycles. The molecule has 3 rings (SSSR count). The zero-order chi connectivity index (χ0) is 23.4. The number of hydrogen-bond donors (Lipinski definition) is 1. The largest absolute Gasteiger partial charge is 0.483 e. The maximum Gasteiger partial charge on any atom is 0.276 e. The van der Waals surface area contributed by atoms with Crippen LogP contribution >= 0.6 is 15.9 Å². The predicted molar refractivity (Wildman–Crippen MR) is 125 cm³/mol. The standard InChI is InChI=1S/C22H27BrN6O3/c1-6-14-10-15(20(24)26-11-14)13(2)32-17-8-7-9-25-19(17)21(30)28(3)12-16-18(23)22(31-5)29(4)27-16/h7-11,13H,6,12H2,1-5H3,(H2,24,26). The highest BCUT2D eigenvalue weighted by Gasteiger charge is 2.24. The van der Waals surface area contributed by atoms with E-state index in [2.05, 4.69) is 31.0 Å². The van der Waals surface area contributed by atoms with Gasteiger partial charge < -0.3 is 20.1 Å². The maximum absolute atomic E-state index is 13.2. The lowest BCUT2D eigenvalue weighted by Crippen LogP contribution is -2.28. The minimum absolute atomic E-state index is 0.207. The minimum atomic E-state index is -0.413. The molecule has 3 heterocycles. The van der Waals surface area contributed by atoms with Crippen molar-refractivity contribution in [2.75, 3.05) is 19.9 Å². The Balaban J connectivity index is 1.82. The molecular formula is C22H27BrN6O3. The number of methoxy groups -OCH3 is 1. The molecule has 32 heavy (non-hydrogen) atoms. The number of aromatic nitrogens is 4. The minimum Gasteiger partial charge on any atom is -0.483 e. The monoisotopic (exact) mass is 502 g/mol. The summed E-state index contributed by atoms with van der Waals surface area (Å²) in [6, 6.07) is 5.42. The van der Waals surface area contributed by atoms with E-state index in [1.807, 2.05) is 19.9 Å². The molecule has 2 N–H and O–H groups in total. The summed E-state index contributed by atoms with van der Waals surface area (Å²) in [4.78, 5) is 23.3. The molecule has 9 nitrogen and oxygen atoms in total. The number of carbonyl (C=O) groups is 1. The van der Waals surface area contributed by atoms with Crippen molar-refractivity contribution >= 4 is 27.7 Å². The van der Waals surface area contributed by atoms with Crippen LogP contribution < -0.4 is 15.2 Å². The Morgan fingerprint density at radius 1 is 1.38 bits per heavy atom. The summed E-state index contributed by atoms with van der Waals surface area (Å²) in [5.74, 6) is 1.06. The van der Waals surface area contributed by atoms with Gasteiger partial charge in [0.05, 0.1) is 13.7 Å². The molecule has 0 aromatic carbocycles. The van der Waals surface area contributed by atoms with Crippen LogP contribution in [0.3, 0.4) is 0 Å². The summed E-state index contributed by atoms with van der Waals surface area (Å²) < 4.78 is 13.7. The van der Waals surface area contributed by atoms with Gasteiger partial charge in [0.15, 0.2) is 11.4 Å². The normalized spacial score (nSPS) is 11.8. The van der Waals surface area contributed by atoms with Crippen molar-refractivity contribution in [3.63, 3.8) is 0 Å². The number of anilines is 1. The van der Waals surface area contributed by atoms with Crippen LogP contribution in [0.4, 0.5) is 5.82 Å². The Morgan fingerprint density at radius 3 is 2.78 bits per heavy atom. The molecule has 3 aromatic heterocycles. The van der Waals surface area contributed by atoms with Crippen LogP contribution in [-0.4, -0.2) is 44.7 Å². The Morgan fingerprint density at radius 2 is 2.12 bits per heavy atom. The summed E-state index contributed by atoms with van der Waals surface area (Å²) in [6.07, 6.45) is 3.74. The lowest BCUT2D eigenvalue weighted by Gasteiger charge is -2.21. The molecular weight excluding hydrogens is 476 g/mol. The van der Waals surface area contributed by atoms with Gasteiger partial charge in [0, 0.05) is 32.1 Å². The van der Waals surface area contributed by atoms with Gasteiger partial charge in [0.1, 0.15) is 22.1 Å². The van der Waals surface area contributed by atoms with Crippen LogP contribution in [0.25, 0.3) is 0 Å². The molecule has 0 radical (unpaired) electrons. The molecule has 0 spiro atoms. The van der Waals surface area contributed by atoms with Crippen molar-refractivity contribution in [3.8, 4) is 11.6 Å². The summed E-state index contributed by atoms with van der Waals surface area (Å²) in [6.45, 7) is 4.18. The number of halogens is 1. The number of rotatable bonds is 8. The van der Waals surface area contributed by atoms with Gasteiger partial charge in [-0.3, -0.25) is 4.79 Å². The van der Waals surface area contributed by atoms with Gasteiger partial charge >= 0.3 is 0 Å². The third kappa shape index (κ3) is 4.85. The third-order valence-corrected chi connectivity index (χ3v) is 5.86. The maximum atomic E-state index is 13.2. The summed E-state index contributed by atoms with van der Waals surface area (Å²) in [5.41, 5.74) is 8.77. The number of pyridine rings is 2. The SMILES string of the molecule is CCc1cnc(N)c(C(C)Oc2cccnc2C(=O)N(C)Cc2nn(C)c(OC)c2Br)c1. The molecule has 170 valence electrons. The number of carbonyl (C=O) groups excluding carboxylic acids is 1. The highest BCUT2D eigenvalue weighted by atomic mass is 79.9. The fraction of sp³-hybridized carbons (Fsp3) is 0.364. The lowest BCUT2D eigenvalue weighted by atomic mass is 10.1. The smallest absolute Gasteiger partial charge is 0.276 e. The van der Waals surface area contributed by atoms with Crippen LogP contribution in [0.1, 0.15) is 47.3 Å². The summed E-state index contributed by atoms with van der Waals surface area (Å²) >= 11 is 3.48. The molecule has 10 heteroatoms. The van der Waals surface area contributed by atoms with E-state index < -0.39 is 6.10 Å². The second kappa shape index (κ2) is 9.99. The quantitative estimate of drug-likeness (QED) is 0.501. The third-order valence-electron chi connectivity index (χ3n) is 5.06. The first-order valence-corrected chi connectivity index (χ1v) is 10.9. The van der Waals surface area contributed by atoms with Crippen molar-refractivity contribution in [1.29, 1.82) is 0 Å². The van der Waals surface area contributed by atoms with Crippen molar-refractivity contribution in [1.82, 2.24) is 24.6 Å². The number of amides is 1. The number of aryl methyl sites for hydroxylation is 2. The molecule has 0 aliphatic heterocycles. The van der Waals surface area contributed by atoms with Gasteiger partial charge in [-0.2, -0.15) is 5.10 Å². The highest BCUT2D eigenvalue weighted by molar-refractivity contribution is 9.10. The second-order valence-corrected chi connectivity index (χ2v) is 8.13. The first-order valence-electron chi connectivity index (χ1n) is 10.1. The topological polar surface area (TPSA) is 108 Å². The van der Waals surface area contributed by atoms with Gasteiger partial charge in [-0.25, -0.2) is 14.6 Å². The van der Waals surface area contributed by atoms with E-state index in [9.17, 15) is 4.79 Å². The van der Waals surface area contributed by atoms with Crippen LogP contribution in [0.15, 0.2) is 35.1 Å². The summed E-state index contributed by atoms with van der Waals surface area (Å²) in [7, 11) is 5.02. The zero-order valence-corrected chi connectivity index (χ0v) is 20.4. The van der Waals surface area contributed by atoms with Gasteiger partial charge in [-0.05, 0) is 53.0 Å². The van der Waals surface area contributed by atoms with Gasteiger partial charge in [-0.15, -0.1) is 0 Å². The number of nitrogen functional groups attached to an aromatic ring is 1. The fourth-order valence-corrected chi connectivity index (χ4v) is 3.92. The molecule has 1 unspecified atom stereocenters. The Hall–Kier alpha value is -3.14. The molecule has 0 fully saturated rings. The molecule has 0 aliphatic rings. The molecule has 1 amide bonds. The Kier molecular flexibility index (Phi) is 7.34. The molecule has 3 aromatic rings. The average molecular weight is 503 g/mol. The summed E-state index contributed by atoms with van der Waals surface area (Å²) in [5, 5.41) is 4.41. The van der Waals surface area contributed by atoms with Crippen molar-refractivity contribution in [2.24, 2.45) is 7.05 Å². The van der Waals surface area contributed by atoms with Crippen LogP contribution in [0.5, 0.6) is 11.6 Å². The van der Waals surface area contributed by atoms with Gasteiger partial charge in [0.25, 0.3) is 5.91 Å². The molecule has 0 bridgehead atoms. The molecule has 0 saturated heterocycles. The predicted octanol–water partition coefficient (Wildman–Crippen LogP) is 3.54. The first kappa shape index (κ1) is 23.5. The van der Waals surface area contributed by atoms with Gasteiger partial charge in [-0.1, -0.05) is 6.92 Å². The second-order valence-electron chi connectivity index (χ2n) is 7.34. The van der Waals surface area contributed by atoms with E-state index in [0.717, 1.165) is 17.5 Å². The molecule has 0 saturated carbocycles. The Labute approximate surface area is 195 Å². The lowest BCUT2D eigenvalue weighted by molar-refractivity contribution is 0.0769. The van der Waals surface area contributed by atoms with E-state index in [0.29, 0.717) is 27.6 Å². The first-order chi connectivity index (χ1) is 15.3. The number of nitrogens with zero attached hydrogens (tertiary/aromatic N) is 5. The number of nitrogens with two attached hydrogens (primary N) is 1. The highest BCUT2D eigenvalue weighted by Crippen LogP contribution is 2.30. The number of hydrogen-bond acceptors (Lipinski definition) is 7. The van der Waals surface area contributed by atoms with E-state index in [1.165, 1.54) is 4.90 Å². The van der Waals surface area contributed by atoms with E-state index in [-0.39, 0.29) is 18.1 Å². The zero-order valence-electron chi connectivity index (χ0n) is 18.8. The van der Waals surface area contributed by atoms with Crippen LogP contribution in [0, 0.1) is 0 Å². The Bertz CT molecular complexity index is 1120. The van der Waals surface area contributed by atoms with Crippen molar-refractivity contribution in [2.45, 2.75) is 32.9 Å². The average Bonchev–Trinajstić information content (AvgIpc) is 3.05. The molecule has 1 atom stereocenters. The van der Waals surface area contributed by atoms with Crippen LogP contribution in [0.2, 0.25) is 0 Å². The number of ether oxygens (including phenoxy) is 2. The van der Waals surface area contributed by atoms with Crippen LogP contribution in [-0.2, 0) is 20.0 Å². The van der Waals surface area contributed by atoms with E-state index >= 15 is 0 Å². The fourth-order valence-electron chi connectivity index (χ4n) is 3.29. The van der Waals surface area contributed by atoms with E-state index in [4.69, 9.17) is 15.2 Å². The van der Waals surface area contributed by atoms with E-state index in [1.54, 1.807) is 50.4 Å². The van der Waals surface area contributed by atoms with Gasteiger partial charge in [0.2, 0.25) is 5.88 Å². The van der Waals surface area contributed by atoms with Crippen molar-refractivity contribution < 1.29 is 14.3 Å². The van der Waals surface area contributed by atoms with Crippen molar-refractivity contribution in [3.05, 3.63) is 57.6 Å².